The maximum Gasteiger partial charge on any atom is 0.342 e. The van der Waals surface area contributed by atoms with Crippen LogP contribution in [0.25, 0.3) is 0 Å². The summed E-state index contributed by atoms with van der Waals surface area (Å²) in [6.45, 7) is 9.70. The first kappa shape index (κ1) is 29.3. The third-order valence-corrected chi connectivity index (χ3v) is 9.57. The van der Waals surface area contributed by atoms with Crippen LogP contribution in [0.5, 0.6) is 0 Å². The molecule has 29 heavy (non-hydrogen) atoms. The van der Waals surface area contributed by atoms with Gasteiger partial charge in [0.05, 0.1) is 26.4 Å². The highest BCUT2D eigenvalue weighted by molar-refractivity contribution is 7.71. The summed E-state index contributed by atoms with van der Waals surface area (Å²) in [6.07, 6.45) is 11.5. The van der Waals surface area contributed by atoms with E-state index in [9.17, 15) is 9.13 Å². The lowest BCUT2D eigenvalue weighted by molar-refractivity contribution is 0.186. The normalized spacial score (nSPS) is 12.6. The van der Waals surface area contributed by atoms with E-state index >= 15 is 0 Å². The molecule has 0 aliphatic carbocycles. The Labute approximate surface area is 179 Å². The average Bonchev–Trinajstić information content (AvgIpc) is 2.68. The summed E-state index contributed by atoms with van der Waals surface area (Å²) in [5.41, 5.74) is 0. The lowest BCUT2D eigenvalue weighted by Gasteiger charge is -2.24. The van der Waals surface area contributed by atoms with Crippen LogP contribution in [0.2, 0.25) is 0 Å². The van der Waals surface area contributed by atoms with Gasteiger partial charge in [-0.3, -0.25) is 9.13 Å². The van der Waals surface area contributed by atoms with E-state index in [1.165, 1.54) is 0 Å². The minimum atomic E-state index is -3.55. The quantitative estimate of drug-likeness (QED) is 0.121. The van der Waals surface area contributed by atoms with Gasteiger partial charge in [0, 0.05) is 0 Å². The molecule has 0 amide bonds. The van der Waals surface area contributed by atoms with Crippen LogP contribution in [0.1, 0.15) is 105 Å². The first-order chi connectivity index (χ1) is 13.9. The molecular formula is C21H46O6P2. The Hall–Kier alpha value is 0.300. The molecule has 0 unspecified atom stereocenters. The number of hydrogen-bond acceptors (Lipinski definition) is 6. The molecule has 0 saturated carbocycles. The Morgan fingerprint density at radius 1 is 0.448 bits per heavy atom. The fourth-order valence-electron chi connectivity index (χ4n) is 2.61. The van der Waals surface area contributed by atoms with Crippen molar-refractivity contribution in [2.75, 3.05) is 32.3 Å². The Bertz CT molecular complexity index is 426. The molecule has 0 aromatic heterocycles. The molecule has 0 aliphatic rings. The van der Waals surface area contributed by atoms with E-state index < -0.39 is 15.2 Å². The zero-order valence-electron chi connectivity index (χ0n) is 19.4. The van der Waals surface area contributed by atoms with E-state index in [0.29, 0.717) is 26.4 Å². The van der Waals surface area contributed by atoms with Crippen molar-refractivity contribution in [2.24, 2.45) is 0 Å². The summed E-state index contributed by atoms with van der Waals surface area (Å²) in [5, 5.41) is 0. The average molecular weight is 457 g/mol. The van der Waals surface area contributed by atoms with Crippen molar-refractivity contribution < 1.29 is 27.2 Å². The molecule has 176 valence electrons. The van der Waals surface area contributed by atoms with E-state index in [4.69, 9.17) is 18.1 Å². The van der Waals surface area contributed by atoms with Gasteiger partial charge in [0.1, 0.15) is 0 Å². The summed E-state index contributed by atoms with van der Waals surface area (Å²) in [6, 6.07) is 0. The van der Waals surface area contributed by atoms with Crippen LogP contribution < -0.4 is 0 Å². The number of unbranched alkanes of at least 4 members (excludes halogenated alkanes) is 8. The predicted octanol–water partition coefficient (Wildman–Crippen LogP) is 8.16. The van der Waals surface area contributed by atoms with E-state index in [0.717, 1.165) is 77.0 Å². The standard InChI is InChI=1S/C21H46O6P2/c1-5-9-13-15-19-26-29(23,27-20-16-14-10-6-2)21-28(22,24-17-11-7-3)25-18-12-8-4/h5-21H2,1-4H3. The number of hydrogen-bond donors (Lipinski definition) is 0. The molecule has 0 spiro atoms. The minimum absolute atomic E-state index is 0.297. The lowest BCUT2D eigenvalue weighted by Crippen LogP contribution is -2.08. The maximum absolute atomic E-state index is 13.4. The molecule has 0 fully saturated rings. The maximum atomic E-state index is 13.4. The largest absolute Gasteiger partial charge is 0.342 e. The fourth-order valence-corrected chi connectivity index (χ4v) is 7.39. The topological polar surface area (TPSA) is 71.1 Å². The van der Waals surface area contributed by atoms with Crippen LogP contribution in [0.15, 0.2) is 0 Å². The van der Waals surface area contributed by atoms with Gasteiger partial charge in [-0.1, -0.05) is 79.1 Å². The Morgan fingerprint density at radius 2 is 0.759 bits per heavy atom. The molecule has 0 atom stereocenters. The van der Waals surface area contributed by atoms with Crippen molar-refractivity contribution in [3.05, 3.63) is 0 Å². The van der Waals surface area contributed by atoms with Crippen LogP contribution in [0, 0.1) is 0 Å². The molecule has 6 nitrogen and oxygen atoms in total. The van der Waals surface area contributed by atoms with Crippen molar-refractivity contribution in [1.82, 2.24) is 0 Å². The van der Waals surface area contributed by atoms with Gasteiger partial charge in [-0.25, -0.2) is 0 Å². The Kier molecular flexibility index (Phi) is 19.2. The van der Waals surface area contributed by atoms with E-state index in [-0.39, 0.29) is 5.90 Å². The van der Waals surface area contributed by atoms with Crippen molar-refractivity contribution >= 4 is 15.2 Å². The second kappa shape index (κ2) is 19.0. The highest BCUT2D eigenvalue weighted by atomic mass is 31.2. The Morgan fingerprint density at radius 3 is 1.07 bits per heavy atom. The van der Waals surface area contributed by atoms with Gasteiger partial charge in [0.2, 0.25) is 0 Å². The number of rotatable bonds is 22. The molecule has 0 bridgehead atoms. The second-order valence-electron chi connectivity index (χ2n) is 7.52. The van der Waals surface area contributed by atoms with E-state index in [1.807, 2.05) is 13.8 Å². The van der Waals surface area contributed by atoms with Gasteiger partial charge in [-0.15, -0.1) is 0 Å². The molecule has 0 saturated heterocycles. The van der Waals surface area contributed by atoms with Crippen LogP contribution in [0.4, 0.5) is 0 Å². The molecule has 8 heteroatoms. The molecular weight excluding hydrogens is 410 g/mol. The fraction of sp³-hybridized carbons (Fsp3) is 1.00. The summed E-state index contributed by atoms with van der Waals surface area (Å²) < 4.78 is 49.2. The van der Waals surface area contributed by atoms with Crippen molar-refractivity contribution in [2.45, 2.75) is 105 Å². The van der Waals surface area contributed by atoms with E-state index in [1.54, 1.807) is 0 Å². The van der Waals surface area contributed by atoms with E-state index in [2.05, 4.69) is 13.8 Å². The third kappa shape index (κ3) is 16.6. The predicted molar refractivity (Wildman–Crippen MR) is 122 cm³/mol. The zero-order chi connectivity index (χ0) is 21.8. The minimum Gasteiger partial charge on any atom is -0.308 e. The highest BCUT2D eigenvalue weighted by Gasteiger charge is 2.38. The summed E-state index contributed by atoms with van der Waals surface area (Å²) in [7, 11) is -7.08. The lowest BCUT2D eigenvalue weighted by atomic mass is 10.2. The van der Waals surface area contributed by atoms with Gasteiger partial charge in [-0.05, 0) is 25.7 Å². The van der Waals surface area contributed by atoms with Gasteiger partial charge < -0.3 is 18.1 Å². The molecule has 0 heterocycles. The summed E-state index contributed by atoms with van der Waals surface area (Å²) in [5.74, 6) is -0.297. The Balaban J connectivity index is 4.96. The van der Waals surface area contributed by atoms with Crippen LogP contribution in [0.3, 0.4) is 0 Å². The smallest absolute Gasteiger partial charge is 0.308 e. The SMILES string of the molecule is CCCCCCOP(=O)(CP(=O)(OCCCC)OCCCC)OCCCCCC. The van der Waals surface area contributed by atoms with Gasteiger partial charge in [0.25, 0.3) is 0 Å². The monoisotopic (exact) mass is 456 g/mol. The zero-order valence-corrected chi connectivity index (χ0v) is 21.2. The first-order valence-corrected chi connectivity index (χ1v) is 15.2. The highest BCUT2D eigenvalue weighted by Crippen LogP contribution is 2.64. The molecule has 0 rings (SSSR count). The van der Waals surface area contributed by atoms with Crippen LogP contribution in [-0.4, -0.2) is 32.3 Å². The third-order valence-electron chi connectivity index (χ3n) is 4.49. The molecule has 0 aromatic rings. The van der Waals surface area contributed by atoms with Crippen molar-refractivity contribution in [3.63, 3.8) is 0 Å². The van der Waals surface area contributed by atoms with Gasteiger partial charge in [-0.2, -0.15) is 0 Å². The molecule has 0 N–H and O–H groups in total. The summed E-state index contributed by atoms with van der Waals surface area (Å²) in [4.78, 5) is 0. The van der Waals surface area contributed by atoms with Crippen molar-refractivity contribution in [1.29, 1.82) is 0 Å². The first-order valence-electron chi connectivity index (χ1n) is 11.7. The van der Waals surface area contributed by atoms with Crippen LogP contribution in [-0.2, 0) is 27.2 Å². The molecule has 0 aromatic carbocycles. The van der Waals surface area contributed by atoms with Gasteiger partial charge >= 0.3 is 15.2 Å². The van der Waals surface area contributed by atoms with Gasteiger partial charge in [0.15, 0.2) is 5.90 Å². The van der Waals surface area contributed by atoms with Crippen molar-refractivity contribution in [3.8, 4) is 0 Å². The second-order valence-corrected chi connectivity index (χ2v) is 12.1. The van der Waals surface area contributed by atoms with Crippen LogP contribution >= 0.6 is 15.2 Å². The summed E-state index contributed by atoms with van der Waals surface area (Å²) >= 11 is 0. The molecule has 0 aliphatic heterocycles. The molecule has 0 radical (unpaired) electrons.